The van der Waals surface area contributed by atoms with E-state index >= 15 is 0 Å². The summed E-state index contributed by atoms with van der Waals surface area (Å²) >= 11 is 0. The van der Waals surface area contributed by atoms with Crippen molar-refractivity contribution in [2.45, 2.75) is 51.6 Å². The van der Waals surface area contributed by atoms with Crippen LogP contribution in [0.1, 0.15) is 39.0 Å². The van der Waals surface area contributed by atoms with Gasteiger partial charge < -0.3 is 15.5 Å². The number of nitrogens with one attached hydrogen (secondary N) is 2. The Kier molecular flexibility index (Phi) is 11.1. The summed E-state index contributed by atoms with van der Waals surface area (Å²) < 4.78 is 1.96. The van der Waals surface area contributed by atoms with Gasteiger partial charge in [0.1, 0.15) is 0 Å². The number of likely N-dealkylation sites (tertiary alicyclic amines) is 1. The molecule has 0 aromatic carbocycles. The van der Waals surface area contributed by atoms with Crippen molar-refractivity contribution >= 4 is 29.9 Å². The number of piperidine rings is 1. The van der Waals surface area contributed by atoms with Gasteiger partial charge in [-0.15, -0.1) is 24.0 Å². The second kappa shape index (κ2) is 12.5. The first-order valence-corrected chi connectivity index (χ1v) is 8.95. The summed E-state index contributed by atoms with van der Waals surface area (Å²) in [4.78, 5) is 6.90. The number of nitrogens with zero attached hydrogens (tertiary/aromatic N) is 4. The SMILES string of the molecule is CN=C(NCCCN1CCCCC1C)NCCCn1cccn1.I. The topological polar surface area (TPSA) is 57.5 Å². The Labute approximate surface area is 163 Å². The molecule has 6 nitrogen and oxygen atoms in total. The Morgan fingerprint density at radius 1 is 1.21 bits per heavy atom. The monoisotopic (exact) mass is 448 g/mol. The fraction of sp³-hybridized carbons (Fsp3) is 0.765. The Bertz CT molecular complexity index is 448. The Hall–Kier alpha value is -0.830. The third kappa shape index (κ3) is 7.83. The number of rotatable bonds is 8. The average Bonchev–Trinajstić information content (AvgIpc) is 3.08. The van der Waals surface area contributed by atoms with E-state index in [9.17, 15) is 0 Å². The fourth-order valence-corrected chi connectivity index (χ4v) is 3.08. The molecule has 1 aliphatic rings. The summed E-state index contributed by atoms with van der Waals surface area (Å²) in [6.45, 7) is 7.62. The predicted molar refractivity (Wildman–Crippen MR) is 111 cm³/mol. The minimum absolute atomic E-state index is 0. The van der Waals surface area contributed by atoms with Gasteiger partial charge in [-0.3, -0.25) is 9.67 Å². The number of hydrogen-bond acceptors (Lipinski definition) is 3. The van der Waals surface area contributed by atoms with Crippen LogP contribution in [-0.4, -0.2) is 59.9 Å². The summed E-state index contributed by atoms with van der Waals surface area (Å²) in [7, 11) is 1.83. The first-order chi connectivity index (χ1) is 11.3. The highest BCUT2D eigenvalue weighted by atomic mass is 127. The number of guanidine groups is 1. The molecular formula is C17H33IN6. The molecule has 1 unspecified atom stereocenters. The van der Waals surface area contributed by atoms with Crippen molar-refractivity contribution in [3.63, 3.8) is 0 Å². The maximum atomic E-state index is 4.28. The van der Waals surface area contributed by atoms with Crippen molar-refractivity contribution in [3.8, 4) is 0 Å². The summed E-state index contributed by atoms with van der Waals surface area (Å²) in [5.74, 6) is 0.900. The number of halogens is 1. The fourth-order valence-electron chi connectivity index (χ4n) is 3.08. The molecule has 0 bridgehead atoms. The zero-order valence-electron chi connectivity index (χ0n) is 15.1. The second-order valence-corrected chi connectivity index (χ2v) is 6.28. The molecule has 0 saturated carbocycles. The third-order valence-electron chi connectivity index (χ3n) is 4.49. The van der Waals surface area contributed by atoms with Crippen molar-refractivity contribution in [3.05, 3.63) is 18.5 Å². The van der Waals surface area contributed by atoms with E-state index in [4.69, 9.17) is 0 Å². The van der Waals surface area contributed by atoms with Crippen LogP contribution in [0.4, 0.5) is 0 Å². The van der Waals surface area contributed by atoms with Gasteiger partial charge in [-0.2, -0.15) is 5.10 Å². The van der Waals surface area contributed by atoms with Crippen LogP contribution in [0, 0.1) is 0 Å². The first kappa shape index (κ1) is 21.2. The van der Waals surface area contributed by atoms with Crippen molar-refractivity contribution in [2.24, 2.45) is 4.99 Å². The molecule has 138 valence electrons. The highest BCUT2D eigenvalue weighted by molar-refractivity contribution is 14.0. The van der Waals surface area contributed by atoms with E-state index in [2.05, 4.69) is 32.5 Å². The molecular weight excluding hydrogens is 415 g/mol. The van der Waals surface area contributed by atoms with Gasteiger partial charge >= 0.3 is 0 Å². The smallest absolute Gasteiger partial charge is 0.190 e. The van der Waals surface area contributed by atoms with Gasteiger partial charge in [0.2, 0.25) is 0 Å². The van der Waals surface area contributed by atoms with Crippen LogP contribution in [-0.2, 0) is 6.54 Å². The van der Waals surface area contributed by atoms with Crippen molar-refractivity contribution in [1.29, 1.82) is 0 Å². The summed E-state index contributed by atoms with van der Waals surface area (Å²) in [5, 5.41) is 11.0. The zero-order chi connectivity index (χ0) is 16.3. The Balaban J connectivity index is 0.00000288. The van der Waals surface area contributed by atoms with Crippen molar-refractivity contribution in [1.82, 2.24) is 25.3 Å². The third-order valence-corrected chi connectivity index (χ3v) is 4.49. The van der Waals surface area contributed by atoms with E-state index < -0.39 is 0 Å². The largest absolute Gasteiger partial charge is 0.356 e. The maximum absolute atomic E-state index is 4.28. The molecule has 1 aliphatic heterocycles. The molecule has 7 heteroatoms. The van der Waals surface area contributed by atoms with Gasteiger partial charge in [0, 0.05) is 51.7 Å². The second-order valence-electron chi connectivity index (χ2n) is 6.28. The minimum atomic E-state index is 0. The highest BCUT2D eigenvalue weighted by Crippen LogP contribution is 2.15. The molecule has 1 aromatic rings. The molecule has 24 heavy (non-hydrogen) atoms. The van der Waals surface area contributed by atoms with E-state index in [-0.39, 0.29) is 24.0 Å². The molecule has 2 heterocycles. The number of aliphatic imine (C=N–C) groups is 1. The zero-order valence-corrected chi connectivity index (χ0v) is 17.4. The van der Waals surface area contributed by atoms with Gasteiger partial charge in [0.05, 0.1) is 0 Å². The quantitative estimate of drug-likeness (QED) is 0.278. The van der Waals surface area contributed by atoms with Gasteiger partial charge in [0.15, 0.2) is 5.96 Å². The van der Waals surface area contributed by atoms with Crippen LogP contribution in [0.3, 0.4) is 0 Å². The van der Waals surface area contributed by atoms with Crippen molar-refractivity contribution < 1.29 is 0 Å². The number of hydrogen-bond donors (Lipinski definition) is 2. The highest BCUT2D eigenvalue weighted by Gasteiger charge is 2.16. The van der Waals surface area contributed by atoms with Crippen molar-refractivity contribution in [2.75, 3.05) is 33.2 Å². The van der Waals surface area contributed by atoms with E-state index in [1.165, 1.54) is 38.8 Å². The molecule has 0 aliphatic carbocycles. The predicted octanol–water partition coefficient (Wildman–Crippen LogP) is 2.32. The molecule has 0 spiro atoms. The first-order valence-electron chi connectivity index (χ1n) is 8.95. The van der Waals surface area contributed by atoms with Gasteiger partial charge in [-0.1, -0.05) is 6.42 Å². The molecule has 1 saturated heterocycles. The van der Waals surface area contributed by atoms with E-state index in [0.29, 0.717) is 0 Å². The van der Waals surface area contributed by atoms with Gasteiger partial charge in [-0.05, 0) is 45.2 Å². The van der Waals surface area contributed by atoms with Gasteiger partial charge in [0.25, 0.3) is 0 Å². The average molecular weight is 448 g/mol. The lowest BCUT2D eigenvalue weighted by atomic mass is 10.0. The van der Waals surface area contributed by atoms with Crippen LogP contribution in [0.2, 0.25) is 0 Å². The maximum Gasteiger partial charge on any atom is 0.190 e. The number of aromatic nitrogens is 2. The molecule has 1 fully saturated rings. The van der Waals surface area contributed by atoms with Crippen LogP contribution >= 0.6 is 24.0 Å². The lowest BCUT2D eigenvalue weighted by Gasteiger charge is -2.33. The van der Waals surface area contributed by atoms with E-state index in [1.54, 1.807) is 0 Å². The van der Waals surface area contributed by atoms with Crippen LogP contribution in [0.25, 0.3) is 0 Å². The summed E-state index contributed by atoms with van der Waals surface area (Å²) in [6.07, 6.45) is 10.1. The summed E-state index contributed by atoms with van der Waals surface area (Å²) in [6, 6.07) is 2.71. The Morgan fingerprint density at radius 3 is 2.58 bits per heavy atom. The normalized spacial score (nSPS) is 18.9. The van der Waals surface area contributed by atoms with Crippen LogP contribution in [0.15, 0.2) is 23.5 Å². The van der Waals surface area contributed by atoms with E-state index in [0.717, 1.165) is 38.1 Å². The Morgan fingerprint density at radius 2 is 1.96 bits per heavy atom. The van der Waals surface area contributed by atoms with Gasteiger partial charge in [-0.25, -0.2) is 0 Å². The minimum Gasteiger partial charge on any atom is -0.356 e. The van der Waals surface area contributed by atoms with Crippen LogP contribution < -0.4 is 10.6 Å². The molecule has 1 atom stereocenters. The molecule has 1 aromatic heterocycles. The number of aryl methyl sites for hydroxylation is 1. The lowest BCUT2D eigenvalue weighted by Crippen LogP contribution is -2.41. The molecule has 0 radical (unpaired) electrons. The molecule has 2 rings (SSSR count). The van der Waals surface area contributed by atoms with Crippen LogP contribution in [0.5, 0.6) is 0 Å². The lowest BCUT2D eigenvalue weighted by molar-refractivity contribution is 0.159. The standard InChI is InChI=1S/C17H32N6.HI/c1-16-8-3-4-12-22(16)13-5-9-19-17(18-2)20-10-6-14-23-15-7-11-21-23;/h7,11,15-16H,3-6,8-10,12-14H2,1-2H3,(H2,18,19,20);1H. The summed E-state index contributed by atoms with van der Waals surface area (Å²) in [5.41, 5.74) is 0. The molecule has 2 N–H and O–H groups in total. The molecule has 0 amide bonds. The van der Waals surface area contributed by atoms with E-state index in [1.807, 2.05) is 30.2 Å².